The van der Waals surface area contributed by atoms with Gasteiger partial charge in [0.05, 0.1) is 72.2 Å². The summed E-state index contributed by atoms with van der Waals surface area (Å²) >= 11 is 0. The highest BCUT2D eigenvalue weighted by atomic mass is 16.8. The number of amides is 6. The minimum atomic E-state index is -2.76. The van der Waals surface area contributed by atoms with Gasteiger partial charge >= 0.3 is 0 Å². The zero-order valence-corrected chi connectivity index (χ0v) is 75.4. The molecule has 61 nitrogen and oxygen atoms in total. The van der Waals surface area contributed by atoms with Crippen molar-refractivity contribution in [2.75, 3.05) is 66.1 Å². The van der Waals surface area contributed by atoms with Crippen LogP contribution in [-0.2, 0) is 128 Å². The number of aliphatic hydroxyl groups excluding tert-OH is 28. The Hall–Kier alpha value is -5.14. The Balaban J connectivity index is 0.990. The highest BCUT2D eigenvalue weighted by molar-refractivity contribution is 5.75. The smallest absolute Gasteiger partial charge is 0.217 e. The molecule has 61 heteroatoms. The zero-order valence-electron chi connectivity index (χ0n) is 75.4. The fourth-order valence-electron chi connectivity index (χ4n) is 18.0. The molecule has 11 fully saturated rings. The lowest BCUT2D eigenvalue weighted by Crippen LogP contribution is -2.71. The van der Waals surface area contributed by atoms with Gasteiger partial charge in [-0.3, -0.25) is 28.8 Å². The molecule has 11 heterocycles. The number of nitrogens with one attached hydrogen (secondary N) is 6. The van der Waals surface area contributed by atoms with E-state index in [1.165, 1.54) is 6.92 Å². The Labute approximate surface area is 788 Å². The van der Waals surface area contributed by atoms with Crippen LogP contribution in [0.5, 0.6) is 0 Å². The van der Waals surface area contributed by atoms with E-state index in [-0.39, 0.29) is 0 Å². The van der Waals surface area contributed by atoms with E-state index >= 15 is 0 Å². The summed E-state index contributed by atoms with van der Waals surface area (Å²) in [5, 5.41) is 332. The zero-order chi connectivity index (χ0) is 102. The maximum Gasteiger partial charge on any atom is 0.217 e. The van der Waals surface area contributed by atoms with E-state index in [9.17, 15) is 172 Å². The molecule has 0 aromatic carbocycles. The molecule has 0 aromatic heterocycles. The van der Waals surface area contributed by atoms with Gasteiger partial charge in [-0.25, -0.2) is 0 Å². The molecule has 0 aliphatic carbocycles. The maximum atomic E-state index is 13.5. The molecule has 0 aromatic rings. The molecule has 11 aliphatic heterocycles. The van der Waals surface area contributed by atoms with Crippen molar-refractivity contribution in [3.05, 3.63) is 0 Å². The third-order valence-corrected chi connectivity index (χ3v) is 25.3. The summed E-state index contributed by atoms with van der Waals surface area (Å²) in [6.07, 6.45) is -105. The Morgan fingerprint density at radius 2 is 0.460 bits per heavy atom. The van der Waals surface area contributed by atoms with E-state index in [2.05, 4.69) is 31.9 Å². The summed E-state index contributed by atoms with van der Waals surface area (Å²) in [6.45, 7) is -4.52. The number of aliphatic hydroxyl groups is 28. The molecule has 139 heavy (non-hydrogen) atoms. The number of carbonyl (C=O) groups excluding carboxylic acids is 6. The molecule has 802 valence electrons. The van der Waals surface area contributed by atoms with Gasteiger partial charge in [0.2, 0.25) is 35.4 Å². The van der Waals surface area contributed by atoms with Crippen LogP contribution in [0.3, 0.4) is 0 Å². The molecular weight excluding hydrogens is 1900 g/mol. The predicted octanol–water partition coefficient (Wildman–Crippen LogP) is -23.1. The standard InChI is InChI=1S/C78H130N6O55/c1-18-41(98)54(111)57(114)74(122-18)120-17-34-64(51(108)35(68(118)123-34)79-19(2)92)134-73-40(84-24(7)97)53(110)62(30(13-90)129-73)136-76-60(117)65(47(104)33(131-76)16-121-77-66(138-70-37(81-21(4)94)49(106)43(100)26(9-86)125-70)56(113)46(103)32(132-77)15-119-69-36(80-20(3)93)48(105)42(99)25(8-85)124-69)137-78-67(139-71-38(82-22(5)95)50(107)44(101)27(10-87)126-71)59(116)63(31(14-91)130-78)133-72-39(83-23(6)96)52(109)61(29(12-89)128-72)135-75-58(115)55(112)45(102)28(11-88)127-75/h18,25-78,85-91,98-118H,8-17H2,1-7H3,(H,79,92)(H,80,93)(H,81,94)(H,82,95)(H,83,96)(H,84,97)/t18-,25-,26-,27-,28-,29-,30-,31-,32-,33-,34-,35-,36-,37-,38-,39-,40-,41+,42-,43-,44-,45+,46-,47-,48-,49-,50-,51-,52-,53-,54+,55+,56+,57-,58-,59+,60+,61-,62-,63-,64-,65+,66+,67+,68-,69-,70+,71+,72+,73+,74+,75+,76+,77+,78-/m1/s1. The van der Waals surface area contributed by atoms with Crippen molar-refractivity contribution >= 4 is 35.4 Å². The molecule has 0 unspecified atom stereocenters. The molecule has 34 N–H and O–H groups in total. The van der Waals surface area contributed by atoms with Crippen molar-refractivity contribution in [1.82, 2.24) is 31.9 Å². The average Bonchev–Trinajstić information content (AvgIpc) is 0.767. The van der Waals surface area contributed by atoms with Crippen LogP contribution in [0.25, 0.3) is 0 Å². The Morgan fingerprint density at radius 1 is 0.201 bits per heavy atom. The highest BCUT2D eigenvalue weighted by Gasteiger charge is 2.63. The van der Waals surface area contributed by atoms with Gasteiger partial charge in [0.25, 0.3) is 0 Å². The topological polar surface area (TPSA) is 935 Å². The van der Waals surface area contributed by atoms with Crippen molar-refractivity contribution in [2.45, 2.75) is 386 Å². The summed E-state index contributed by atoms with van der Waals surface area (Å²) in [7, 11) is 0. The van der Waals surface area contributed by atoms with Crippen LogP contribution in [0.15, 0.2) is 0 Å². The predicted molar refractivity (Wildman–Crippen MR) is 430 cm³/mol. The molecule has 11 saturated heterocycles. The quantitative estimate of drug-likeness (QED) is 0.0277. The van der Waals surface area contributed by atoms with Crippen molar-refractivity contribution < 1.29 is 271 Å². The van der Waals surface area contributed by atoms with Crippen LogP contribution < -0.4 is 31.9 Å². The number of hydrogen-bond donors (Lipinski definition) is 34. The van der Waals surface area contributed by atoms with E-state index in [0.29, 0.717) is 0 Å². The monoisotopic (exact) mass is 2030 g/mol. The lowest BCUT2D eigenvalue weighted by atomic mass is 9.93. The Kier molecular flexibility index (Phi) is 41.1. The van der Waals surface area contributed by atoms with Gasteiger partial charge in [-0.1, -0.05) is 0 Å². The van der Waals surface area contributed by atoms with Gasteiger partial charge in [0, 0.05) is 41.5 Å². The van der Waals surface area contributed by atoms with Crippen LogP contribution in [0, 0.1) is 0 Å². The van der Waals surface area contributed by atoms with Crippen molar-refractivity contribution in [2.24, 2.45) is 0 Å². The van der Waals surface area contributed by atoms with Gasteiger partial charge < -0.3 is 274 Å². The van der Waals surface area contributed by atoms with Crippen LogP contribution in [0.1, 0.15) is 48.5 Å². The largest absolute Gasteiger partial charge is 0.394 e. The number of hydrogen-bond acceptors (Lipinski definition) is 55. The molecule has 11 rings (SSSR count). The third kappa shape index (κ3) is 26.0. The molecular formula is C78H130N6O55. The normalized spacial score (nSPS) is 48.3. The van der Waals surface area contributed by atoms with Crippen LogP contribution in [0.4, 0.5) is 0 Å². The number of carbonyl (C=O) groups is 6. The van der Waals surface area contributed by atoms with Gasteiger partial charge in [0.15, 0.2) is 69.2 Å². The van der Waals surface area contributed by atoms with E-state index in [0.717, 1.165) is 41.5 Å². The fourth-order valence-corrected chi connectivity index (χ4v) is 18.0. The molecule has 0 bridgehead atoms. The van der Waals surface area contributed by atoms with Crippen molar-refractivity contribution in [1.29, 1.82) is 0 Å². The number of ether oxygens (including phenoxy) is 21. The summed E-state index contributed by atoms with van der Waals surface area (Å²) < 4.78 is 127. The van der Waals surface area contributed by atoms with Gasteiger partial charge in [-0.2, -0.15) is 0 Å². The summed E-state index contributed by atoms with van der Waals surface area (Å²) in [5.41, 5.74) is 0. The van der Waals surface area contributed by atoms with E-state index < -0.39 is 439 Å². The maximum absolute atomic E-state index is 13.5. The first-order chi connectivity index (χ1) is 65.6. The summed E-state index contributed by atoms with van der Waals surface area (Å²) in [6, 6.07) is -11.5. The lowest BCUT2D eigenvalue weighted by molar-refractivity contribution is -0.404. The second kappa shape index (κ2) is 50.0. The van der Waals surface area contributed by atoms with Crippen LogP contribution in [0.2, 0.25) is 0 Å². The number of rotatable bonds is 36. The highest BCUT2D eigenvalue weighted by Crippen LogP contribution is 2.42. The molecule has 0 saturated carbocycles. The van der Waals surface area contributed by atoms with Crippen molar-refractivity contribution in [3.63, 3.8) is 0 Å². The Morgan fingerprint density at radius 3 is 0.885 bits per heavy atom. The Bertz CT molecular complexity index is 3900. The molecule has 55 atom stereocenters. The van der Waals surface area contributed by atoms with Gasteiger partial charge in [-0.05, 0) is 6.92 Å². The van der Waals surface area contributed by atoms with Gasteiger partial charge in [0.1, 0.15) is 262 Å². The first-order valence-electron chi connectivity index (χ1n) is 44.5. The molecule has 0 radical (unpaired) electrons. The molecule has 6 amide bonds. The molecule has 0 spiro atoms. The lowest BCUT2D eigenvalue weighted by Gasteiger charge is -2.52. The second-order valence-corrected chi connectivity index (χ2v) is 35.3. The average molecular weight is 2030 g/mol. The van der Waals surface area contributed by atoms with Gasteiger partial charge in [-0.15, -0.1) is 0 Å². The van der Waals surface area contributed by atoms with E-state index in [1.54, 1.807) is 0 Å². The first-order valence-corrected chi connectivity index (χ1v) is 44.5. The minimum Gasteiger partial charge on any atom is -0.394 e. The SMILES string of the molecule is CC(=O)N[C@@H]1[C@@H](O)[C@H](O[C@@H]2O[C@H](CO)[C@@H](O[C@@H]3O[C@H](CO[C@H]4O[C@H](CO[C@@H]5O[C@H](CO)[C@@H](O)[C@H](O)[C@H]5NC(C)=O)[C@@H](O)[C@H](O)[C@@H]4O[C@@H]4O[C@H](CO)[C@@H](O)[C@H](O)[C@H]4NC(C)=O)[C@@H](O)[C@H](O[C@H]4O[C@H](CO)[C@@H](O[C@@H]5O[C@H](CO)[C@@H](O[C@@H]6O[C@H](CO)[C@H](O)[C@H](O)[C@H]6O)[C@H](O)[C@H]5NC(C)=O)[C@H](O)[C@@H]4O[C@@H]4O[C@H](CO)[C@@H](O)[C@H](O)[C@H]4NC(C)=O)[C@@H]3O)[C@H](O)[C@H]2NC(C)=O)[C@@H](CO[C@H]2O[C@H](C)[C@H](O)[C@H](O)[C@H]2O)O[C@H]1O. The fraction of sp³-hybridized carbons (Fsp3) is 0.923. The molecule has 11 aliphatic rings. The third-order valence-electron chi connectivity index (χ3n) is 25.3. The summed E-state index contributed by atoms with van der Waals surface area (Å²) in [4.78, 5) is 77.6. The minimum absolute atomic E-state index is 0.839. The van der Waals surface area contributed by atoms with Crippen LogP contribution in [-0.4, -0.2) is 582 Å². The van der Waals surface area contributed by atoms with E-state index in [4.69, 9.17) is 99.5 Å². The van der Waals surface area contributed by atoms with E-state index in [1.807, 2.05) is 0 Å². The second-order valence-electron chi connectivity index (χ2n) is 35.3. The van der Waals surface area contributed by atoms with Crippen molar-refractivity contribution in [3.8, 4) is 0 Å². The first kappa shape index (κ1) is 114. The summed E-state index contributed by atoms with van der Waals surface area (Å²) in [5.74, 6) is -5.67. The van der Waals surface area contributed by atoms with Crippen LogP contribution >= 0.6 is 0 Å².